The lowest BCUT2D eigenvalue weighted by Crippen LogP contribution is -2.40. The number of aromatic nitrogens is 2. The van der Waals surface area contributed by atoms with Crippen molar-refractivity contribution in [3.8, 4) is 0 Å². The van der Waals surface area contributed by atoms with Crippen molar-refractivity contribution in [1.29, 1.82) is 0 Å². The van der Waals surface area contributed by atoms with E-state index >= 15 is 0 Å². The Morgan fingerprint density at radius 3 is 2.60 bits per heavy atom. The second-order valence-electron chi connectivity index (χ2n) is 6.38. The van der Waals surface area contributed by atoms with E-state index in [0.717, 1.165) is 36.4 Å². The third kappa shape index (κ3) is 2.77. The molecule has 0 spiro atoms. The molecular weight excluding hydrogens is 250 g/mol. The molecule has 0 aromatic carbocycles. The molecule has 0 aliphatic heterocycles. The summed E-state index contributed by atoms with van der Waals surface area (Å²) in [5.41, 5.74) is 7.91. The van der Waals surface area contributed by atoms with Gasteiger partial charge in [0, 0.05) is 30.8 Å². The summed E-state index contributed by atoms with van der Waals surface area (Å²) in [6.07, 6.45) is 8.01. The van der Waals surface area contributed by atoms with Crippen LogP contribution >= 0.6 is 0 Å². The molecule has 0 radical (unpaired) electrons. The van der Waals surface area contributed by atoms with Gasteiger partial charge in [-0.2, -0.15) is 5.10 Å². The minimum Gasteiger partial charge on any atom is -0.388 e. The number of aryl methyl sites for hydroxylation is 2. The fraction of sp³-hybridized carbons (Fsp3) is 0.812. The molecule has 0 saturated heterocycles. The third-order valence-electron chi connectivity index (χ3n) is 5.23. The van der Waals surface area contributed by atoms with Crippen LogP contribution in [0.15, 0.2) is 6.20 Å². The molecule has 1 aromatic rings. The fourth-order valence-corrected chi connectivity index (χ4v) is 3.64. The smallest absolute Gasteiger partial charge is 0.0891 e. The first kappa shape index (κ1) is 15.5. The molecule has 114 valence electrons. The zero-order valence-corrected chi connectivity index (χ0v) is 13.1. The summed E-state index contributed by atoms with van der Waals surface area (Å²) in [6.45, 7) is 4.90. The lowest BCUT2D eigenvalue weighted by molar-refractivity contribution is -0.0108. The second kappa shape index (κ2) is 6.27. The lowest BCUT2D eigenvalue weighted by atomic mass is 9.65. The maximum Gasteiger partial charge on any atom is 0.0891 e. The van der Waals surface area contributed by atoms with Gasteiger partial charge in [0.25, 0.3) is 0 Å². The minimum absolute atomic E-state index is 0.154. The van der Waals surface area contributed by atoms with Crippen LogP contribution < -0.4 is 5.73 Å². The molecule has 1 aromatic heterocycles. The van der Waals surface area contributed by atoms with E-state index < -0.39 is 6.10 Å². The van der Waals surface area contributed by atoms with Crippen molar-refractivity contribution in [2.75, 3.05) is 6.54 Å². The van der Waals surface area contributed by atoms with Gasteiger partial charge in [-0.05, 0) is 38.0 Å². The van der Waals surface area contributed by atoms with Crippen LogP contribution in [-0.2, 0) is 13.5 Å². The number of rotatable bonds is 5. The molecule has 0 amide bonds. The molecule has 1 fully saturated rings. The largest absolute Gasteiger partial charge is 0.388 e. The van der Waals surface area contributed by atoms with Gasteiger partial charge in [0.1, 0.15) is 0 Å². The van der Waals surface area contributed by atoms with Crippen molar-refractivity contribution in [2.45, 2.75) is 58.5 Å². The Labute approximate surface area is 122 Å². The Morgan fingerprint density at radius 2 is 2.10 bits per heavy atom. The van der Waals surface area contributed by atoms with E-state index in [-0.39, 0.29) is 5.41 Å². The van der Waals surface area contributed by atoms with Gasteiger partial charge < -0.3 is 10.8 Å². The second-order valence-corrected chi connectivity index (χ2v) is 6.38. The molecule has 4 nitrogen and oxygen atoms in total. The Hall–Kier alpha value is -0.870. The van der Waals surface area contributed by atoms with Crippen molar-refractivity contribution < 1.29 is 5.11 Å². The van der Waals surface area contributed by atoms with E-state index in [4.69, 9.17) is 5.73 Å². The van der Waals surface area contributed by atoms with E-state index in [1.807, 2.05) is 13.2 Å². The highest BCUT2D eigenvalue weighted by molar-refractivity contribution is 5.23. The Morgan fingerprint density at radius 1 is 1.45 bits per heavy atom. The van der Waals surface area contributed by atoms with Gasteiger partial charge in [-0.15, -0.1) is 0 Å². The quantitative estimate of drug-likeness (QED) is 0.870. The van der Waals surface area contributed by atoms with Crippen molar-refractivity contribution >= 4 is 0 Å². The van der Waals surface area contributed by atoms with Crippen LogP contribution in [0.25, 0.3) is 0 Å². The van der Waals surface area contributed by atoms with Crippen LogP contribution in [0.1, 0.15) is 63.3 Å². The molecule has 1 heterocycles. The zero-order chi connectivity index (χ0) is 14.8. The van der Waals surface area contributed by atoms with Crippen LogP contribution in [0.5, 0.6) is 0 Å². The molecule has 2 rings (SSSR count). The van der Waals surface area contributed by atoms with Crippen molar-refractivity contribution in [3.63, 3.8) is 0 Å². The van der Waals surface area contributed by atoms with Gasteiger partial charge in [-0.1, -0.05) is 20.3 Å². The topological polar surface area (TPSA) is 64.1 Å². The van der Waals surface area contributed by atoms with Crippen LogP contribution in [0.2, 0.25) is 0 Å². The first-order chi connectivity index (χ1) is 9.56. The normalized spacial score (nSPS) is 28.6. The van der Waals surface area contributed by atoms with Crippen LogP contribution in [-0.4, -0.2) is 21.4 Å². The number of nitrogens with zero attached hydrogens (tertiary/aromatic N) is 2. The average Bonchev–Trinajstić information content (AvgIpc) is 2.87. The molecular formula is C16H29N3O. The molecule has 3 N–H and O–H groups in total. The molecule has 1 atom stereocenters. The van der Waals surface area contributed by atoms with Gasteiger partial charge >= 0.3 is 0 Å². The maximum absolute atomic E-state index is 10.9. The molecule has 4 heteroatoms. The summed E-state index contributed by atoms with van der Waals surface area (Å²) >= 11 is 0. The predicted molar refractivity (Wildman–Crippen MR) is 81.3 cm³/mol. The van der Waals surface area contributed by atoms with E-state index in [0.29, 0.717) is 6.54 Å². The lowest BCUT2D eigenvalue weighted by Gasteiger charge is -2.42. The summed E-state index contributed by atoms with van der Waals surface area (Å²) in [5, 5.41) is 15.4. The Kier molecular flexibility index (Phi) is 4.86. The number of hydrogen-bond donors (Lipinski definition) is 2. The van der Waals surface area contributed by atoms with E-state index in [1.165, 1.54) is 19.3 Å². The average molecular weight is 279 g/mol. The minimum atomic E-state index is -0.478. The summed E-state index contributed by atoms with van der Waals surface area (Å²) in [7, 11) is 1.92. The van der Waals surface area contributed by atoms with Crippen LogP contribution in [0.4, 0.5) is 0 Å². The van der Waals surface area contributed by atoms with Gasteiger partial charge in [0.2, 0.25) is 0 Å². The molecule has 0 bridgehead atoms. The summed E-state index contributed by atoms with van der Waals surface area (Å²) in [5.74, 6) is 0.807. The zero-order valence-electron chi connectivity index (χ0n) is 13.1. The SMILES string of the molecule is CCc1nn(C)cc1C(O)C1(CN)CCC(CC)CC1. The maximum atomic E-state index is 10.9. The molecule has 1 aliphatic carbocycles. The standard InChI is InChI=1S/C16H29N3O/c1-4-12-6-8-16(11-17,9-7-12)15(20)13-10-19(3)18-14(13)5-2/h10,12,15,20H,4-9,11,17H2,1-3H3. The van der Waals surface area contributed by atoms with E-state index in [1.54, 1.807) is 4.68 Å². The highest BCUT2D eigenvalue weighted by Gasteiger charge is 2.41. The highest BCUT2D eigenvalue weighted by atomic mass is 16.3. The van der Waals surface area contributed by atoms with Crippen molar-refractivity contribution in [3.05, 3.63) is 17.5 Å². The van der Waals surface area contributed by atoms with Crippen LogP contribution in [0.3, 0.4) is 0 Å². The van der Waals surface area contributed by atoms with Gasteiger partial charge in [0.15, 0.2) is 0 Å². The first-order valence-corrected chi connectivity index (χ1v) is 7.96. The van der Waals surface area contributed by atoms with Crippen LogP contribution in [0, 0.1) is 11.3 Å². The number of aliphatic hydroxyl groups is 1. The molecule has 1 saturated carbocycles. The molecule has 1 aliphatic rings. The first-order valence-electron chi connectivity index (χ1n) is 7.96. The fourth-order valence-electron chi connectivity index (χ4n) is 3.64. The monoisotopic (exact) mass is 279 g/mol. The van der Waals surface area contributed by atoms with Crippen molar-refractivity contribution in [2.24, 2.45) is 24.1 Å². The summed E-state index contributed by atoms with van der Waals surface area (Å²) in [4.78, 5) is 0. The van der Waals surface area contributed by atoms with E-state index in [9.17, 15) is 5.11 Å². The van der Waals surface area contributed by atoms with Gasteiger partial charge in [-0.3, -0.25) is 4.68 Å². The Bertz CT molecular complexity index is 433. The van der Waals surface area contributed by atoms with Gasteiger partial charge in [-0.25, -0.2) is 0 Å². The summed E-state index contributed by atoms with van der Waals surface area (Å²) in [6, 6.07) is 0. The molecule has 1 unspecified atom stereocenters. The molecule has 20 heavy (non-hydrogen) atoms. The van der Waals surface area contributed by atoms with Crippen molar-refractivity contribution in [1.82, 2.24) is 9.78 Å². The highest BCUT2D eigenvalue weighted by Crippen LogP contribution is 2.48. The number of aliphatic hydroxyl groups excluding tert-OH is 1. The number of nitrogens with two attached hydrogens (primary N) is 1. The van der Waals surface area contributed by atoms with E-state index in [2.05, 4.69) is 18.9 Å². The Balaban J connectivity index is 2.22. The van der Waals surface area contributed by atoms with Gasteiger partial charge in [0.05, 0.1) is 11.8 Å². The summed E-state index contributed by atoms with van der Waals surface area (Å²) < 4.78 is 1.80. The number of hydrogen-bond acceptors (Lipinski definition) is 3. The predicted octanol–water partition coefficient (Wildman–Crippen LogP) is 2.56. The third-order valence-corrected chi connectivity index (χ3v) is 5.23.